The minimum atomic E-state index is -0.277. The van der Waals surface area contributed by atoms with Crippen molar-refractivity contribution in [3.8, 4) is 11.5 Å². The van der Waals surface area contributed by atoms with Gasteiger partial charge in [0.05, 0.1) is 6.10 Å². The number of halogens is 1. The van der Waals surface area contributed by atoms with E-state index in [4.69, 9.17) is 21.1 Å². The second-order valence-corrected chi connectivity index (χ2v) is 7.13. The van der Waals surface area contributed by atoms with E-state index >= 15 is 0 Å². The fraction of sp³-hybridized carbons (Fsp3) is 0.647. The molecule has 3 aliphatic rings. The fourth-order valence-electron chi connectivity index (χ4n) is 3.91. The van der Waals surface area contributed by atoms with Gasteiger partial charge in [-0.2, -0.15) is 0 Å². The number of likely N-dealkylation sites (tertiary alicyclic amines) is 2. The predicted molar refractivity (Wildman–Crippen MR) is 88.1 cm³/mol. The molecule has 1 N–H and O–H groups in total. The summed E-state index contributed by atoms with van der Waals surface area (Å²) >= 11 is 6.37. The number of nitrogens with zero attached hydrogens (tertiary/aromatic N) is 2. The molecule has 23 heavy (non-hydrogen) atoms. The van der Waals surface area contributed by atoms with Gasteiger partial charge in [-0.3, -0.25) is 9.80 Å². The van der Waals surface area contributed by atoms with E-state index in [1.54, 1.807) is 0 Å². The van der Waals surface area contributed by atoms with Crippen molar-refractivity contribution in [2.75, 3.05) is 33.0 Å². The largest absolute Gasteiger partial charge is 0.454 e. The Morgan fingerprint density at radius 3 is 2.61 bits per heavy atom. The number of ether oxygens (including phenoxy) is 2. The van der Waals surface area contributed by atoms with Gasteiger partial charge in [0.15, 0.2) is 11.5 Å². The maximum Gasteiger partial charge on any atom is 0.231 e. The molecule has 0 amide bonds. The number of fused-ring (bicyclic) bond motifs is 1. The zero-order valence-electron chi connectivity index (χ0n) is 13.2. The van der Waals surface area contributed by atoms with Crippen LogP contribution in [0.3, 0.4) is 0 Å². The van der Waals surface area contributed by atoms with Crippen LogP contribution in [-0.2, 0) is 6.54 Å². The Morgan fingerprint density at radius 2 is 1.83 bits per heavy atom. The molecule has 2 saturated heterocycles. The lowest BCUT2D eigenvalue weighted by molar-refractivity contribution is 0.0706. The van der Waals surface area contributed by atoms with Crippen LogP contribution in [-0.4, -0.2) is 60.0 Å². The van der Waals surface area contributed by atoms with Crippen LogP contribution in [0, 0.1) is 0 Å². The number of hydrogen-bond donors (Lipinski definition) is 1. The van der Waals surface area contributed by atoms with E-state index in [0.29, 0.717) is 17.3 Å². The third-order valence-electron chi connectivity index (χ3n) is 5.13. The van der Waals surface area contributed by atoms with Gasteiger partial charge in [-0.15, -0.1) is 0 Å². The van der Waals surface area contributed by atoms with Gasteiger partial charge in [0, 0.05) is 36.8 Å². The minimum absolute atomic E-state index is 0.253. The summed E-state index contributed by atoms with van der Waals surface area (Å²) in [6.07, 6.45) is 3.53. The molecule has 0 aliphatic carbocycles. The smallest absolute Gasteiger partial charge is 0.231 e. The lowest BCUT2D eigenvalue weighted by atomic mass is 10.1. The Morgan fingerprint density at radius 1 is 1.09 bits per heavy atom. The van der Waals surface area contributed by atoms with Crippen molar-refractivity contribution in [1.82, 2.24) is 9.80 Å². The molecule has 126 valence electrons. The highest BCUT2D eigenvalue weighted by molar-refractivity contribution is 6.31. The van der Waals surface area contributed by atoms with E-state index < -0.39 is 0 Å². The monoisotopic (exact) mass is 338 g/mol. The van der Waals surface area contributed by atoms with Crippen molar-refractivity contribution >= 4 is 11.6 Å². The molecule has 0 saturated carbocycles. The SMILES string of the molecule is O[C@@H]1CN(Cc2cc3c(cc2Cl)OCO3)C[C@H]1N1CCCCC1. The molecule has 0 unspecified atom stereocenters. The molecule has 0 radical (unpaired) electrons. The second-order valence-electron chi connectivity index (χ2n) is 6.72. The first-order valence-electron chi connectivity index (χ1n) is 8.43. The van der Waals surface area contributed by atoms with Crippen LogP contribution in [0.5, 0.6) is 11.5 Å². The van der Waals surface area contributed by atoms with E-state index in [9.17, 15) is 5.11 Å². The van der Waals surface area contributed by atoms with E-state index in [0.717, 1.165) is 37.5 Å². The molecule has 2 atom stereocenters. The number of β-amino-alcohol motifs (C(OH)–C–C–N with tert-alkyl or cyclic N) is 1. The fourth-order valence-corrected chi connectivity index (χ4v) is 4.12. The zero-order valence-corrected chi connectivity index (χ0v) is 14.0. The van der Waals surface area contributed by atoms with E-state index in [1.807, 2.05) is 12.1 Å². The number of aliphatic hydroxyl groups excluding tert-OH is 1. The molecule has 1 aromatic carbocycles. The highest BCUT2D eigenvalue weighted by atomic mass is 35.5. The van der Waals surface area contributed by atoms with E-state index in [-0.39, 0.29) is 18.9 Å². The summed E-state index contributed by atoms with van der Waals surface area (Å²) in [6, 6.07) is 4.04. The first kappa shape index (κ1) is 15.5. The standard InChI is InChI=1S/C17H23ClN2O3/c18-13-7-17-16(22-11-23-17)6-12(13)8-19-9-14(15(21)10-19)20-4-2-1-3-5-20/h6-7,14-15,21H,1-5,8-11H2/t14-,15-/m1/s1. The van der Waals surface area contributed by atoms with Crippen molar-refractivity contribution in [2.45, 2.75) is 38.0 Å². The molecular weight excluding hydrogens is 316 g/mol. The van der Waals surface area contributed by atoms with Crippen LogP contribution in [0.4, 0.5) is 0 Å². The van der Waals surface area contributed by atoms with Crippen LogP contribution in [0.2, 0.25) is 5.02 Å². The number of hydrogen-bond acceptors (Lipinski definition) is 5. The molecular formula is C17H23ClN2O3. The van der Waals surface area contributed by atoms with Gasteiger partial charge in [0.1, 0.15) is 0 Å². The van der Waals surface area contributed by atoms with Gasteiger partial charge < -0.3 is 14.6 Å². The van der Waals surface area contributed by atoms with Crippen molar-refractivity contribution in [1.29, 1.82) is 0 Å². The average molecular weight is 339 g/mol. The summed E-state index contributed by atoms with van der Waals surface area (Å²) in [7, 11) is 0. The third kappa shape index (κ3) is 3.15. The molecule has 0 aromatic heterocycles. The number of aliphatic hydroxyl groups is 1. The number of rotatable bonds is 3. The molecule has 1 aromatic rings. The molecule has 5 nitrogen and oxygen atoms in total. The van der Waals surface area contributed by atoms with Crippen LogP contribution in [0.15, 0.2) is 12.1 Å². The minimum Gasteiger partial charge on any atom is -0.454 e. The van der Waals surface area contributed by atoms with Gasteiger partial charge >= 0.3 is 0 Å². The van der Waals surface area contributed by atoms with Gasteiger partial charge in [0.2, 0.25) is 6.79 Å². The van der Waals surface area contributed by atoms with Gasteiger partial charge in [-0.25, -0.2) is 0 Å². The lowest BCUT2D eigenvalue weighted by Crippen LogP contribution is -2.45. The molecule has 0 spiro atoms. The van der Waals surface area contributed by atoms with Gasteiger partial charge in [0.25, 0.3) is 0 Å². The molecule has 0 bridgehead atoms. The van der Waals surface area contributed by atoms with Crippen LogP contribution >= 0.6 is 11.6 Å². The van der Waals surface area contributed by atoms with Gasteiger partial charge in [-0.1, -0.05) is 18.0 Å². The first-order chi connectivity index (χ1) is 11.2. The summed E-state index contributed by atoms with van der Waals surface area (Å²) in [5.74, 6) is 1.48. The predicted octanol–water partition coefficient (Wildman–Crippen LogP) is 2.10. The maximum absolute atomic E-state index is 10.5. The van der Waals surface area contributed by atoms with Crippen molar-refractivity contribution in [3.63, 3.8) is 0 Å². The topological polar surface area (TPSA) is 45.2 Å². The third-order valence-corrected chi connectivity index (χ3v) is 5.48. The van der Waals surface area contributed by atoms with Crippen molar-refractivity contribution < 1.29 is 14.6 Å². The first-order valence-corrected chi connectivity index (χ1v) is 8.81. The van der Waals surface area contributed by atoms with Crippen molar-refractivity contribution in [2.24, 2.45) is 0 Å². The maximum atomic E-state index is 10.5. The Hall–Kier alpha value is -1.01. The van der Waals surface area contributed by atoms with Crippen molar-refractivity contribution in [3.05, 3.63) is 22.7 Å². The Kier molecular flexibility index (Phi) is 4.37. The van der Waals surface area contributed by atoms with Crippen LogP contribution < -0.4 is 9.47 Å². The summed E-state index contributed by atoms with van der Waals surface area (Å²) in [5.41, 5.74) is 1.03. The van der Waals surface area contributed by atoms with E-state index in [2.05, 4.69) is 9.80 Å². The second kappa shape index (κ2) is 6.48. The van der Waals surface area contributed by atoms with Gasteiger partial charge in [-0.05, 0) is 37.6 Å². The Labute approximate surface area is 141 Å². The molecule has 3 aliphatic heterocycles. The summed E-state index contributed by atoms with van der Waals surface area (Å²) in [5, 5.41) is 11.2. The quantitative estimate of drug-likeness (QED) is 0.914. The normalized spacial score (nSPS) is 28.4. The Bertz CT molecular complexity index is 577. The summed E-state index contributed by atoms with van der Waals surface area (Å²) < 4.78 is 10.8. The molecule has 2 fully saturated rings. The Balaban J connectivity index is 1.44. The molecule has 4 rings (SSSR count). The lowest BCUT2D eigenvalue weighted by Gasteiger charge is -2.33. The van der Waals surface area contributed by atoms with Crippen LogP contribution in [0.1, 0.15) is 24.8 Å². The van der Waals surface area contributed by atoms with Crippen LogP contribution in [0.25, 0.3) is 0 Å². The summed E-state index contributed by atoms with van der Waals surface area (Å²) in [4.78, 5) is 4.74. The number of piperidine rings is 1. The highest BCUT2D eigenvalue weighted by Gasteiger charge is 2.36. The average Bonchev–Trinajstić information content (AvgIpc) is 3.15. The van der Waals surface area contributed by atoms with E-state index in [1.165, 1.54) is 19.3 Å². The molecule has 6 heteroatoms. The number of benzene rings is 1. The molecule has 3 heterocycles. The summed E-state index contributed by atoms with van der Waals surface area (Å²) in [6.45, 7) is 4.81. The zero-order chi connectivity index (χ0) is 15.8. The highest BCUT2D eigenvalue weighted by Crippen LogP contribution is 2.37.